The maximum atomic E-state index is 12.7. The normalized spacial score (nSPS) is 18.1. The second-order valence-electron chi connectivity index (χ2n) is 5.50. The largest absolute Gasteiger partial charge is 0.434 e. The molecule has 118 valence electrons. The molecule has 0 spiro atoms. The van der Waals surface area contributed by atoms with Gasteiger partial charge in [-0.2, -0.15) is 13.2 Å². The van der Waals surface area contributed by atoms with Crippen molar-refractivity contribution < 1.29 is 13.2 Å². The molecular formula is C14H16F3N5. The molecule has 0 fully saturated rings. The van der Waals surface area contributed by atoms with Gasteiger partial charge in [0.15, 0.2) is 5.69 Å². The molecule has 0 saturated carbocycles. The van der Waals surface area contributed by atoms with Crippen LogP contribution in [0.5, 0.6) is 0 Å². The van der Waals surface area contributed by atoms with E-state index in [1.807, 2.05) is 13.0 Å². The maximum absolute atomic E-state index is 12.7. The summed E-state index contributed by atoms with van der Waals surface area (Å²) in [4.78, 5) is 12.0. The number of hydrogen-bond acceptors (Lipinski definition) is 4. The summed E-state index contributed by atoms with van der Waals surface area (Å²) in [7, 11) is 0. The maximum Gasteiger partial charge on any atom is 0.434 e. The van der Waals surface area contributed by atoms with E-state index in [-0.39, 0.29) is 5.92 Å². The van der Waals surface area contributed by atoms with Crippen molar-refractivity contribution in [1.29, 1.82) is 0 Å². The minimum absolute atomic E-state index is 0.229. The number of rotatable bonds is 3. The Morgan fingerprint density at radius 2 is 2.18 bits per heavy atom. The van der Waals surface area contributed by atoms with Crippen LogP contribution in [0.25, 0.3) is 0 Å². The highest BCUT2D eigenvalue weighted by Gasteiger charge is 2.35. The third-order valence-corrected chi connectivity index (χ3v) is 3.72. The molecule has 8 heteroatoms. The predicted octanol–water partition coefficient (Wildman–Crippen LogP) is 2.67. The van der Waals surface area contributed by atoms with Crippen molar-refractivity contribution >= 4 is 5.95 Å². The number of fused-ring (bicyclic) bond motifs is 1. The third-order valence-electron chi connectivity index (χ3n) is 3.72. The van der Waals surface area contributed by atoms with Gasteiger partial charge in [0.1, 0.15) is 5.82 Å². The number of aromatic nitrogens is 4. The first-order valence-electron chi connectivity index (χ1n) is 7.08. The van der Waals surface area contributed by atoms with E-state index in [9.17, 15) is 13.2 Å². The Morgan fingerprint density at radius 1 is 1.36 bits per heavy atom. The summed E-state index contributed by atoms with van der Waals surface area (Å²) < 4.78 is 39.6. The molecular weight excluding hydrogens is 295 g/mol. The van der Waals surface area contributed by atoms with Crippen LogP contribution < -0.4 is 5.32 Å². The lowest BCUT2D eigenvalue weighted by Gasteiger charge is -2.23. The highest BCUT2D eigenvalue weighted by Crippen LogP contribution is 2.30. The summed E-state index contributed by atoms with van der Waals surface area (Å²) in [6.45, 7) is 3.03. The number of nitrogens with zero attached hydrogens (tertiary/aromatic N) is 4. The molecule has 1 aliphatic rings. The van der Waals surface area contributed by atoms with Gasteiger partial charge < -0.3 is 9.88 Å². The molecule has 0 bridgehead atoms. The van der Waals surface area contributed by atoms with Crippen LogP contribution in [-0.4, -0.2) is 26.1 Å². The zero-order valence-electron chi connectivity index (χ0n) is 12.1. The Bertz CT molecular complexity index is 665. The van der Waals surface area contributed by atoms with Gasteiger partial charge in [0.05, 0.1) is 0 Å². The molecule has 3 heterocycles. The smallest absolute Gasteiger partial charge is 0.354 e. The van der Waals surface area contributed by atoms with Crippen molar-refractivity contribution in [3.63, 3.8) is 0 Å². The number of anilines is 1. The summed E-state index contributed by atoms with van der Waals surface area (Å²) in [5, 5.41) is 3.14. The van der Waals surface area contributed by atoms with E-state index >= 15 is 0 Å². The highest BCUT2D eigenvalue weighted by atomic mass is 19.4. The minimum Gasteiger partial charge on any atom is -0.354 e. The van der Waals surface area contributed by atoms with Crippen LogP contribution in [0.1, 0.15) is 23.6 Å². The van der Waals surface area contributed by atoms with Crippen molar-refractivity contribution in [1.82, 2.24) is 19.5 Å². The van der Waals surface area contributed by atoms with Gasteiger partial charge in [-0.15, -0.1) is 0 Å². The van der Waals surface area contributed by atoms with Gasteiger partial charge in [0, 0.05) is 37.6 Å². The first-order valence-corrected chi connectivity index (χ1v) is 7.08. The average Bonchev–Trinajstić information content (AvgIpc) is 2.88. The van der Waals surface area contributed by atoms with Crippen LogP contribution in [0.15, 0.2) is 18.5 Å². The zero-order chi connectivity index (χ0) is 15.7. The average molecular weight is 311 g/mol. The quantitative estimate of drug-likeness (QED) is 0.947. The van der Waals surface area contributed by atoms with Gasteiger partial charge in [0.2, 0.25) is 5.95 Å². The molecule has 1 atom stereocenters. The van der Waals surface area contributed by atoms with Gasteiger partial charge in [-0.05, 0) is 25.3 Å². The van der Waals surface area contributed by atoms with Gasteiger partial charge in [-0.3, -0.25) is 0 Å². The molecule has 3 rings (SSSR count). The standard InChI is InChI=1S/C14H16F3N5/c1-9-4-5-18-13(20-9)19-6-10-2-3-12-21-11(14(15,16)17)8-22(12)7-10/h4-5,8,10H,2-3,6-7H2,1H3,(H,18,19,20)/t10-/m1/s1. The van der Waals surface area contributed by atoms with E-state index in [1.54, 1.807) is 10.8 Å². The lowest BCUT2D eigenvalue weighted by molar-refractivity contribution is -0.141. The fraction of sp³-hybridized carbons (Fsp3) is 0.500. The van der Waals surface area contributed by atoms with E-state index < -0.39 is 11.9 Å². The molecule has 0 aromatic carbocycles. The van der Waals surface area contributed by atoms with Crippen LogP contribution in [0.2, 0.25) is 0 Å². The Kier molecular flexibility index (Phi) is 3.76. The minimum atomic E-state index is -4.38. The number of halogens is 3. The number of nitrogens with one attached hydrogen (secondary N) is 1. The molecule has 0 amide bonds. The van der Waals surface area contributed by atoms with E-state index in [4.69, 9.17) is 0 Å². The van der Waals surface area contributed by atoms with Crippen LogP contribution in [-0.2, 0) is 19.1 Å². The molecule has 1 N–H and O–H groups in total. The Labute approximate surface area is 125 Å². The Balaban J connectivity index is 1.63. The van der Waals surface area contributed by atoms with Gasteiger partial charge in [0.25, 0.3) is 0 Å². The summed E-state index contributed by atoms with van der Waals surface area (Å²) >= 11 is 0. The number of aryl methyl sites for hydroxylation is 2. The Morgan fingerprint density at radius 3 is 2.91 bits per heavy atom. The third kappa shape index (κ3) is 3.20. The van der Waals surface area contributed by atoms with E-state index in [1.165, 1.54) is 0 Å². The predicted molar refractivity (Wildman–Crippen MR) is 74.3 cm³/mol. The fourth-order valence-electron chi connectivity index (χ4n) is 2.59. The summed E-state index contributed by atoms with van der Waals surface area (Å²) in [6.07, 6.45) is -0.252. The van der Waals surface area contributed by atoms with E-state index in [2.05, 4.69) is 20.3 Å². The van der Waals surface area contributed by atoms with Crippen LogP contribution in [0.3, 0.4) is 0 Å². The van der Waals surface area contributed by atoms with Gasteiger partial charge >= 0.3 is 6.18 Å². The van der Waals surface area contributed by atoms with Gasteiger partial charge in [-0.25, -0.2) is 15.0 Å². The second-order valence-corrected chi connectivity index (χ2v) is 5.50. The topological polar surface area (TPSA) is 55.6 Å². The van der Waals surface area contributed by atoms with Crippen molar-refractivity contribution in [2.75, 3.05) is 11.9 Å². The molecule has 1 aliphatic heterocycles. The Hall–Kier alpha value is -2.12. The molecule has 2 aromatic heterocycles. The first-order chi connectivity index (χ1) is 10.4. The van der Waals surface area contributed by atoms with Gasteiger partial charge in [-0.1, -0.05) is 0 Å². The van der Waals surface area contributed by atoms with Crippen molar-refractivity contribution in [2.45, 2.75) is 32.5 Å². The number of alkyl halides is 3. The van der Waals surface area contributed by atoms with E-state index in [0.29, 0.717) is 31.3 Å². The lowest BCUT2D eigenvalue weighted by Crippen LogP contribution is -2.26. The lowest BCUT2D eigenvalue weighted by atomic mass is 9.99. The summed E-state index contributed by atoms with van der Waals surface area (Å²) in [6, 6.07) is 1.81. The van der Waals surface area contributed by atoms with Crippen molar-refractivity contribution in [3.05, 3.63) is 35.7 Å². The van der Waals surface area contributed by atoms with Crippen molar-refractivity contribution in [2.24, 2.45) is 5.92 Å². The van der Waals surface area contributed by atoms with Crippen LogP contribution in [0, 0.1) is 12.8 Å². The number of hydrogen-bond donors (Lipinski definition) is 1. The monoisotopic (exact) mass is 311 g/mol. The zero-order valence-corrected chi connectivity index (χ0v) is 12.1. The summed E-state index contributed by atoms with van der Waals surface area (Å²) in [5.74, 6) is 1.29. The number of imidazole rings is 1. The molecule has 2 aromatic rings. The van der Waals surface area contributed by atoms with E-state index in [0.717, 1.165) is 18.3 Å². The molecule has 0 radical (unpaired) electrons. The second kappa shape index (κ2) is 5.58. The van der Waals surface area contributed by atoms with Crippen LogP contribution >= 0.6 is 0 Å². The molecule has 22 heavy (non-hydrogen) atoms. The highest BCUT2D eigenvalue weighted by molar-refractivity contribution is 5.24. The first kappa shape index (κ1) is 14.8. The molecule has 5 nitrogen and oxygen atoms in total. The molecule has 0 unspecified atom stereocenters. The summed E-state index contributed by atoms with van der Waals surface area (Å²) in [5.41, 5.74) is 0.0611. The molecule has 0 saturated heterocycles. The van der Waals surface area contributed by atoms with Crippen LogP contribution in [0.4, 0.5) is 19.1 Å². The SMILES string of the molecule is Cc1ccnc(NC[C@H]2CCc3nc(C(F)(F)F)cn3C2)n1. The van der Waals surface area contributed by atoms with Crippen molar-refractivity contribution in [3.8, 4) is 0 Å². The fourth-order valence-corrected chi connectivity index (χ4v) is 2.59. The molecule has 0 aliphatic carbocycles.